The van der Waals surface area contributed by atoms with Crippen molar-refractivity contribution < 1.29 is 0 Å². The normalized spacial score (nSPS) is 15.3. The lowest BCUT2D eigenvalue weighted by Gasteiger charge is -2.35. The van der Waals surface area contributed by atoms with E-state index in [4.69, 9.17) is 0 Å². The Balaban J connectivity index is 1.62. The van der Waals surface area contributed by atoms with Crippen LogP contribution in [0.2, 0.25) is 0 Å². The van der Waals surface area contributed by atoms with Crippen molar-refractivity contribution in [2.75, 3.05) is 36.0 Å². The fourth-order valence-corrected chi connectivity index (χ4v) is 2.39. The van der Waals surface area contributed by atoms with E-state index in [1.165, 1.54) is 5.56 Å². The van der Waals surface area contributed by atoms with E-state index in [-0.39, 0.29) is 0 Å². The van der Waals surface area contributed by atoms with Crippen LogP contribution < -0.4 is 9.80 Å². The number of piperazine rings is 1. The molecule has 2 aromatic heterocycles. The van der Waals surface area contributed by atoms with E-state index in [9.17, 15) is 0 Å². The summed E-state index contributed by atoms with van der Waals surface area (Å²) in [6, 6.07) is 4.03. The maximum atomic E-state index is 4.45. The largest absolute Gasteiger partial charge is 0.352 e. The van der Waals surface area contributed by atoms with E-state index in [2.05, 4.69) is 36.9 Å². The van der Waals surface area contributed by atoms with Gasteiger partial charge in [0.25, 0.3) is 0 Å². The molecule has 0 aliphatic carbocycles. The standard InChI is InChI=1S/C15H20N6/c1-3-13-10-16-15(17-11-13)21-8-6-20(7-9-21)14-5-4-12(2)18-19-14/h4-5,10-11H,3,6-9H2,1-2H3. The maximum Gasteiger partial charge on any atom is 0.225 e. The predicted octanol–water partition coefficient (Wildman–Crippen LogP) is 1.46. The number of rotatable bonds is 3. The van der Waals surface area contributed by atoms with E-state index in [1.54, 1.807) is 0 Å². The molecular weight excluding hydrogens is 264 g/mol. The van der Waals surface area contributed by atoms with Crippen molar-refractivity contribution in [3.8, 4) is 0 Å². The van der Waals surface area contributed by atoms with Crippen molar-refractivity contribution in [2.24, 2.45) is 0 Å². The molecule has 0 atom stereocenters. The van der Waals surface area contributed by atoms with Crippen molar-refractivity contribution in [2.45, 2.75) is 20.3 Å². The average molecular weight is 284 g/mol. The Morgan fingerprint density at radius 1 is 0.952 bits per heavy atom. The summed E-state index contributed by atoms with van der Waals surface area (Å²) in [7, 11) is 0. The van der Waals surface area contributed by atoms with Crippen LogP contribution in [-0.4, -0.2) is 46.3 Å². The molecular formula is C15H20N6. The Morgan fingerprint density at radius 2 is 1.62 bits per heavy atom. The van der Waals surface area contributed by atoms with Crippen LogP contribution in [0.25, 0.3) is 0 Å². The van der Waals surface area contributed by atoms with Crippen LogP contribution in [-0.2, 0) is 6.42 Å². The molecule has 0 amide bonds. The highest BCUT2D eigenvalue weighted by molar-refractivity contribution is 5.41. The highest BCUT2D eigenvalue weighted by Crippen LogP contribution is 2.15. The molecule has 1 fully saturated rings. The van der Waals surface area contributed by atoms with Crippen molar-refractivity contribution in [1.82, 2.24) is 20.2 Å². The first-order chi connectivity index (χ1) is 10.3. The van der Waals surface area contributed by atoms with Crippen LogP contribution in [0.1, 0.15) is 18.2 Å². The number of aryl methyl sites for hydroxylation is 2. The second-order valence-electron chi connectivity index (χ2n) is 5.25. The molecule has 2 aromatic rings. The molecule has 21 heavy (non-hydrogen) atoms. The van der Waals surface area contributed by atoms with Gasteiger partial charge >= 0.3 is 0 Å². The fraction of sp³-hybridized carbons (Fsp3) is 0.467. The Bertz CT molecular complexity index is 572. The summed E-state index contributed by atoms with van der Waals surface area (Å²) in [5.41, 5.74) is 2.12. The summed E-state index contributed by atoms with van der Waals surface area (Å²) < 4.78 is 0. The third-order valence-corrected chi connectivity index (χ3v) is 3.77. The van der Waals surface area contributed by atoms with Crippen LogP contribution in [0.4, 0.5) is 11.8 Å². The minimum atomic E-state index is 0.821. The zero-order valence-electron chi connectivity index (χ0n) is 12.5. The molecule has 6 nitrogen and oxygen atoms in total. The van der Waals surface area contributed by atoms with Crippen LogP contribution >= 0.6 is 0 Å². The first-order valence-corrected chi connectivity index (χ1v) is 7.37. The molecule has 0 saturated carbocycles. The second-order valence-corrected chi connectivity index (χ2v) is 5.25. The molecule has 0 radical (unpaired) electrons. The number of hydrogen-bond donors (Lipinski definition) is 0. The van der Waals surface area contributed by atoms with Crippen molar-refractivity contribution in [3.05, 3.63) is 35.8 Å². The Labute approximate surface area is 124 Å². The molecule has 1 saturated heterocycles. The minimum Gasteiger partial charge on any atom is -0.352 e. The molecule has 0 aromatic carbocycles. The van der Waals surface area contributed by atoms with E-state index in [1.807, 2.05) is 31.5 Å². The van der Waals surface area contributed by atoms with Gasteiger partial charge in [-0.05, 0) is 31.0 Å². The van der Waals surface area contributed by atoms with Crippen LogP contribution in [0.3, 0.4) is 0 Å². The summed E-state index contributed by atoms with van der Waals surface area (Å²) in [5.74, 6) is 1.77. The quantitative estimate of drug-likeness (QED) is 0.850. The Hall–Kier alpha value is -2.24. The SMILES string of the molecule is CCc1cnc(N2CCN(c3ccc(C)nn3)CC2)nc1. The summed E-state index contributed by atoms with van der Waals surface area (Å²) >= 11 is 0. The van der Waals surface area contributed by atoms with Gasteiger partial charge in [0.15, 0.2) is 5.82 Å². The second kappa shape index (κ2) is 6.03. The lowest BCUT2D eigenvalue weighted by Crippen LogP contribution is -2.47. The smallest absolute Gasteiger partial charge is 0.225 e. The van der Waals surface area contributed by atoms with Gasteiger partial charge in [-0.1, -0.05) is 6.92 Å². The third kappa shape index (κ3) is 3.09. The first-order valence-electron chi connectivity index (χ1n) is 7.37. The number of aromatic nitrogens is 4. The van der Waals surface area contributed by atoms with Gasteiger partial charge in [0.2, 0.25) is 5.95 Å². The number of hydrogen-bond acceptors (Lipinski definition) is 6. The van der Waals surface area contributed by atoms with Gasteiger partial charge in [0, 0.05) is 38.6 Å². The van der Waals surface area contributed by atoms with Crippen LogP contribution in [0, 0.1) is 6.92 Å². The van der Waals surface area contributed by atoms with Gasteiger partial charge in [-0.2, -0.15) is 5.10 Å². The topological polar surface area (TPSA) is 58.0 Å². The lowest BCUT2D eigenvalue weighted by molar-refractivity contribution is 0.630. The molecule has 3 rings (SSSR count). The zero-order chi connectivity index (χ0) is 14.7. The van der Waals surface area contributed by atoms with Gasteiger partial charge < -0.3 is 9.80 Å². The van der Waals surface area contributed by atoms with Crippen molar-refractivity contribution >= 4 is 11.8 Å². The molecule has 1 aliphatic rings. The first kappa shape index (κ1) is 13.7. The fourth-order valence-electron chi connectivity index (χ4n) is 2.39. The van der Waals surface area contributed by atoms with Crippen LogP contribution in [0.5, 0.6) is 0 Å². The Kier molecular flexibility index (Phi) is 3.94. The van der Waals surface area contributed by atoms with Gasteiger partial charge in [0.1, 0.15) is 0 Å². The summed E-state index contributed by atoms with van der Waals surface area (Å²) in [4.78, 5) is 13.4. The van der Waals surface area contributed by atoms with E-state index in [0.29, 0.717) is 0 Å². The third-order valence-electron chi connectivity index (χ3n) is 3.77. The molecule has 0 bridgehead atoms. The molecule has 0 N–H and O–H groups in total. The highest BCUT2D eigenvalue weighted by Gasteiger charge is 2.19. The number of anilines is 2. The average Bonchev–Trinajstić information content (AvgIpc) is 2.56. The summed E-state index contributed by atoms with van der Waals surface area (Å²) in [5, 5.41) is 8.37. The molecule has 0 unspecified atom stereocenters. The minimum absolute atomic E-state index is 0.821. The summed E-state index contributed by atoms with van der Waals surface area (Å²) in [6.07, 6.45) is 4.81. The van der Waals surface area contributed by atoms with Crippen LogP contribution in [0.15, 0.2) is 24.5 Å². The van der Waals surface area contributed by atoms with Gasteiger partial charge in [-0.25, -0.2) is 9.97 Å². The van der Waals surface area contributed by atoms with E-state index >= 15 is 0 Å². The molecule has 1 aliphatic heterocycles. The van der Waals surface area contributed by atoms with E-state index in [0.717, 1.165) is 50.1 Å². The Morgan fingerprint density at radius 3 is 2.19 bits per heavy atom. The molecule has 0 spiro atoms. The van der Waals surface area contributed by atoms with E-state index < -0.39 is 0 Å². The predicted molar refractivity (Wildman–Crippen MR) is 82.6 cm³/mol. The maximum absolute atomic E-state index is 4.45. The van der Waals surface area contributed by atoms with Gasteiger partial charge in [-0.15, -0.1) is 5.10 Å². The number of nitrogens with zero attached hydrogens (tertiary/aromatic N) is 6. The van der Waals surface area contributed by atoms with Crippen molar-refractivity contribution in [3.63, 3.8) is 0 Å². The monoisotopic (exact) mass is 284 g/mol. The lowest BCUT2D eigenvalue weighted by atomic mass is 10.3. The van der Waals surface area contributed by atoms with Crippen molar-refractivity contribution in [1.29, 1.82) is 0 Å². The summed E-state index contributed by atoms with van der Waals surface area (Å²) in [6.45, 7) is 7.70. The highest BCUT2D eigenvalue weighted by atomic mass is 15.3. The molecule has 110 valence electrons. The zero-order valence-corrected chi connectivity index (χ0v) is 12.5. The van der Waals surface area contributed by atoms with Gasteiger partial charge in [0.05, 0.1) is 5.69 Å². The van der Waals surface area contributed by atoms with Gasteiger partial charge in [-0.3, -0.25) is 0 Å². The molecule has 6 heteroatoms. The molecule has 3 heterocycles.